The molecule has 25 heavy (non-hydrogen) atoms. The summed E-state index contributed by atoms with van der Waals surface area (Å²) in [4.78, 5) is 4.44. The standard InChI is InChI=1S/C16H23N9/c1-22(2)15-5-4-14-18-19-16(25(14)20-15)12-6-8-24(9-7-12)11-13-10-17-21-23(13)3/h4-5,10,12H,6-9,11H2,1-3H3. The maximum Gasteiger partial charge on any atom is 0.178 e. The number of hydrogen-bond acceptors (Lipinski definition) is 7. The van der Waals surface area contributed by atoms with Crippen molar-refractivity contribution in [1.82, 2.24) is 39.7 Å². The lowest BCUT2D eigenvalue weighted by atomic mass is 9.96. The third kappa shape index (κ3) is 3.07. The minimum atomic E-state index is 0.390. The summed E-state index contributed by atoms with van der Waals surface area (Å²) in [6, 6.07) is 3.95. The van der Waals surface area contributed by atoms with Crippen LogP contribution in [0.2, 0.25) is 0 Å². The summed E-state index contributed by atoms with van der Waals surface area (Å²) in [7, 11) is 5.92. The zero-order valence-electron chi connectivity index (χ0n) is 14.9. The topological polar surface area (TPSA) is 80.3 Å². The lowest BCUT2D eigenvalue weighted by molar-refractivity contribution is 0.196. The second kappa shape index (κ2) is 6.40. The number of nitrogens with zero attached hydrogens (tertiary/aromatic N) is 9. The average molecular weight is 341 g/mol. The van der Waals surface area contributed by atoms with E-state index < -0.39 is 0 Å². The maximum atomic E-state index is 4.69. The van der Waals surface area contributed by atoms with Gasteiger partial charge in [0, 0.05) is 33.6 Å². The van der Waals surface area contributed by atoms with Crippen molar-refractivity contribution in [2.24, 2.45) is 7.05 Å². The number of aromatic nitrogens is 7. The van der Waals surface area contributed by atoms with Crippen LogP contribution in [0.25, 0.3) is 5.65 Å². The Labute approximate surface area is 146 Å². The maximum absolute atomic E-state index is 4.69. The van der Waals surface area contributed by atoms with E-state index in [0.29, 0.717) is 5.92 Å². The van der Waals surface area contributed by atoms with E-state index in [-0.39, 0.29) is 0 Å². The van der Waals surface area contributed by atoms with Crippen molar-refractivity contribution in [3.63, 3.8) is 0 Å². The quantitative estimate of drug-likeness (QED) is 0.691. The van der Waals surface area contributed by atoms with Crippen LogP contribution in [0.1, 0.15) is 30.3 Å². The first-order chi connectivity index (χ1) is 12.1. The molecule has 0 unspecified atom stereocenters. The molecular weight excluding hydrogens is 318 g/mol. The summed E-state index contributed by atoms with van der Waals surface area (Å²) in [5, 5.41) is 21.3. The number of piperidine rings is 1. The predicted octanol–water partition coefficient (Wildman–Crippen LogP) is 0.698. The Morgan fingerprint density at radius 3 is 2.64 bits per heavy atom. The van der Waals surface area contributed by atoms with Gasteiger partial charge in [-0.3, -0.25) is 9.58 Å². The van der Waals surface area contributed by atoms with E-state index in [0.717, 1.165) is 55.5 Å². The zero-order valence-corrected chi connectivity index (χ0v) is 14.9. The Hall–Kier alpha value is -2.55. The zero-order chi connectivity index (χ0) is 17.4. The molecule has 3 aromatic rings. The fourth-order valence-corrected chi connectivity index (χ4v) is 3.32. The van der Waals surface area contributed by atoms with Gasteiger partial charge in [-0.25, -0.2) is 0 Å². The van der Waals surface area contributed by atoms with Gasteiger partial charge in [-0.1, -0.05) is 5.21 Å². The fourth-order valence-electron chi connectivity index (χ4n) is 3.32. The van der Waals surface area contributed by atoms with Gasteiger partial charge in [-0.2, -0.15) is 4.52 Å². The van der Waals surface area contributed by atoms with Crippen LogP contribution in [-0.4, -0.2) is 66.9 Å². The van der Waals surface area contributed by atoms with Crippen molar-refractivity contribution in [2.45, 2.75) is 25.3 Å². The molecule has 3 aromatic heterocycles. The molecule has 1 aliphatic heterocycles. The molecule has 0 N–H and O–H groups in total. The van der Waals surface area contributed by atoms with Crippen molar-refractivity contribution in [3.05, 3.63) is 29.8 Å². The smallest absolute Gasteiger partial charge is 0.178 e. The minimum absolute atomic E-state index is 0.390. The molecule has 9 nitrogen and oxygen atoms in total. The molecule has 4 heterocycles. The first-order valence-corrected chi connectivity index (χ1v) is 8.57. The van der Waals surface area contributed by atoms with E-state index in [1.807, 2.05) is 53.6 Å². The third-order valence-electron chi connectivity index (χ3n) is 4.88. The highest BCUT2D eigenvalue weighted by Crippen LogP contribution is 2.27. The Bertz CT molecular complexity index is 857. The SMILES string of the molecule is CN(C)c1ccc2nnc(C3CCN(Cc4cnnn4C)CC3)n2n1. The number of likely N-dealkylation sites (tertiary alicyclic amines) is 1. The van der Waals surface area contributed by atoms with Crippen LogP contribution in [0.4, 0.5) is 5.82 Å². The number of hydrogen-bond donors (Lipinski definition) is 0. The van der Waals surface area contributed by atoms with Gasteiger partial charge in [0.2, 0.25) is 0 Å². The molecule has 0 aliphatic carbocycles. The second-order valence-corrected chi connectivity index (χ2v) is 6.81. The van der Waals surface area contributed by atoms with E-state index in [4.69, 9.17) is 0 Å². The van der Waals surface area contributed by atoms with E-state index in [2.05, 4.69) is 30.5 Å². The molecule has 0 atom stereocenters. The summed E-state index contributed by atoms with van der Waals surface area (Å²) in [6.45, 7) is 2.94. The van der Waals surface area contributed by atoms with Gasteiger partial charge >= 0.3 is 0 Å². The van der Waals surface area contributed by atoms with Gasteiger partial charge in [0.25, 0.3) is 0 Å². The molecular formula is C16H23N9. The molecule has 1 saturated heterocycles. The van der Waals surface area contributed by atoms with Crippen LogP contribution in [0, 0.1) is 0 Å². The molecule has 0 aromatic carbocycles. The molecule has 0 spiro atoms. The Morgan fingerprint density at radius 1 is 1.16 bits per heavy atom. The Morgan fingerprint density at radius 2 is 1.96 bits per heavy atom. The first kappa shape index (κ1) is 15.9. The van der Waals surface area contributed by atoms with Crippen molar-refractivity contribution in [3.8, 4) is 0 Å². The summed E-state index contributed by atoms with van der Waals surface area (Å²) in [5.74, 6) is 2.27. The first-order valence-electron chi connectivity index (χ1n) is 8.57. The van der Waals surface area contributed by atoms with Gasteiger partial charge < -0.3 is 4.90 Å². The largest absolute Gasteiger partial charge is 0.361 e. The molecule has 4 rings (SSSR count). The van der Waals surface area contributed by atoms with Crippen LogP contribution in [0.5, 0.6) is 0 Å². The molecule has 0 radical (unpaired) electrons. The normalized spacial score (nSPS) is 16.6. The van der Waals surface area contributed by atoms with Gasteiger partial charge in [0.15, 0.2) is 11.5 Å². The highest BCUT2D eigenvalue weighted by molar-refractivity contribution is 5.45. The van der Waals surface area contributed by atoms with Crippen LogP contribution in [0.15, 0.2) is 18.3 Å². The summed E-state index contributed by atoms with van der Waals surface area (Å²) in [5.41, 5.74) is 1.95. The minimum Gasteiger partial charge on any atom is -0.361 e. The lowest BCUT2D eigenvalue weighted by Gasteiger charge is -2.30. The van der Waals surface area contributed by atoms with Crippen LogP contribution >= 0.6 is 0 Å². The monoisotopic (exact) mass is 341 g/mol. The number of rotatable bonds is 4. The van der Waals surface area contributed by atoms with E-state index in [1.165, 1.54) is 0 Å². The number of fused-ring (bicyclic) bond motifs is 1. The highest BCUT2D eigenvalue weighted by Gasteiger charge is 2.25. The van der Waals surface area contributed by atoms with Crippen LogP contribution < -0.4 is 4.90 Å². The average Bonchev–Trinajstić information content (AvgIpc) is 3.21. The summed E-state index contributed by atoms with van der Waals surface area (Å²) < 4.78 is 3.74. The molecule has 1 fully saturated rings. The van der Waals surface area contributed by atoms with Crippen LogP contribution in [0.3, 0.4) is 0 Å². The van der Waals surface area contributed by atoms with Crippen molar-refractivity contribution in [1.29, 1.82) is 0 Å². The van der Waals surface area contributed by atoms with E-state index in [9.17, 15) is 0 Å². The van der Waals surface area contributed by atoms with Crippen molar-refractivity contribution < 1.29 is 0 Å². The highest BCUT2D eigenvalue weighted by atomic mass is 15.4. The lowest BCUT2D eigenvalue weighted by Crippen LogP contribution is -2.33. The van der Waals surface area contributed by atoms with Gasteiger partial charge in [0.05, 0.1) is 11.9 Å². The van der Waals surface area contributed by atoms with Crippen molar-refractivity contribution >= 4 is 11.5 Å². The molecule has 132 valence electrons. The van der Waals surface area contributed by atoms with Crippen molar-refractivity contribution in [2.75, 3.05) is 32.1 Å². The molecule has 1 aliphatic rings. The molecule has 0 saturated carbocycles. The van der Waals surface area contributed by atoms with Gasteiger partial charge in [-0.15, -0.1) is 20.4 Å². The van der Waals surface area contributed by atoms with Gasteiger partial charge in [-0.05, 0) is 38.1 Å². The summed E-state index contributed by atoms with van der Waals surface area (Å²) >= 11 is 0. The Balaban J connectivity index is 1.48. The number of aryl methyl sites for hydroxylation is 1. The number of anilines is 1. The molecule has 9 heteroatoms. The third-order valence-corrected chi connectivity index (χ3v) is 4.88. The van der Waals surface area contributed by atoms with Gasteiger partial charge in [0.1, 0.15) is 5.82 Å². The predicted molar refractivity (Wildman–Crippen MR) is 93.4 cm³/mol. The van der Waals surface area contributed by atoms with Crippen LogP contribution in [-0.2, 0) is 13.6 Å². The Kier molecular flexibility index (Phi) is 4.08. The molecule has 0 bridgehead atoms. The summed E-state index contributed by atoms with van der Waals surface area (Å²) in [6.07, 6.45) is 3.95. The second-order valence-electron chi connectivity index (χ2n) is 6.81. The fraction of sp³-hybridized carbons (Fsp3) is 0.562. The van der Waals surface area contributed by atoms with E-state index in [1.54, 1.807) is 0 Å². The molecule has 0 amide bonds. The van der Waals surface area contributed by atoms with E-state index >= 15 is 0 Å².